The highest BCUT2D eigenvalue weighted by molar-refractivity contribution is 5.68. The zero-order valence-corrected chi connectivity index (χ0v) is 27.4. The summed E-state index contributed by atoms with van der Waals surface area (Å²) in [4.78, 5) is 28.2. The fraction of sp³-hybridized carbons (Fsp3) is 0.595. The van der Waals surface area contributed by atoms with Crippen LogP contribution < -0.4 is 9.47 Å². The first-order valence-electron chi connectivity index (χ1n) is 16.6. The summed E-state index contributed by atoms with van der Waals surface area (Å²) in [6.45, 7) is 9.26. The molecule has 6 rings (SSSR count). The summed E-state index contributed by atoms with van der Waals surface area (Å²) in [6, 6.07) is 6.06. The van der Waals surface area contributed by atoms with Gasteiger partial charge in [0.1, 0.15) is 12.2 Å². The standard InChI is InChI=1S/C37H48N2O6/c1-24(40)44-29-11-13-36(3)28(22-29)8-9-30-31(36)12-14-37(4)32(30)21-27(35(37)45-25(2)41)19-26-7-10-33(34(20-26)42-5)43-18-6-16-39-17-15-38-23-39/h7-8,10,15,17,19-20,23,29-32,35H,6,9,11-14,16,18,21-22H2,1-5H3/t29-,30+,31-,32-,35-,36-,37-/m0/s1. The number of aryl methyl sites for hydroxylation is 1. The molecule has 4 aliphatic rings. The van der Waals surface area contributed by atoms with E-state index in [0.717, 1.165) is 69.2 Å². The second-order valence-electron chi connectivity index (χ2n) is 14.1. The van der Waals surface area contributed by atoms with Gasteiger partial charge in [-0.3, -0.25) is 9.59 Å². The lowest BCUT2D eigenvalue weighted by Gasteiger charge is -2.57. The van der Waals surface area contributed by atoms with Gasteiger partial charge in [-0.05, 0) is 91.4 Å². The Morgan fingerprint density at radius 2 is 1.87 bits per heavy atom. The van der Waals surface area contributed by atoms with Gasteiger partial charge in [0.2, 0.25) is 0 Å². The second kappa shape index (κ2) is 12.7. The number of carbonyl (C=O) groups is 2. The molecule has 7 atom stereocenters. The van der Waals surface area contributed by atoms with E-state index in [0.29, 0.717) is 30.1 Å². The van der Waals surface area contributed by atoms with Crippen molar-refractivity contribution >= 4 is 18.0 Å². The second-order valence-corrected chi connectivity index (χ2v) is 14.1. The fourth-order valence-electron chi connectivity index (χ4n) is 9.27. The van der Waals surface area contributed by atoms with Gasteiger partial charge in [0, 0.05) is 44.6 Å². The van der Waals surface area contributed by atoms with Crippen molar-refractivity contribution in [1.82, 2.24) is 9.55 Å². The lowest BCUT2D eigenvalue weighted by Crippen LogP contribution is -2.51. The predicted molar refractivity (Wildman–Crippen MR) is 172 cm³/mol. The molecule has 1 aromatic heterocycles. The molecule has 8 heteroatoms. The smallest absolute Gasteiger partial charge is 0.303 e. The van der Waals surface area contributed by atoms with Gasteiger partial charge in [-0.25, -0.2) is 4.98 Å². The zero-order chi connectivity index (χ0) is 31.8. The minimum absolute atomic E-state index is 0.00212. The summed E-state index contributed by atoms with van der Waals surface area (Å²) in [5.74, 6) is 2.53. The number of methoxy groups -OCH3 is 1. The van der Waals surface area contributed by atoms with Crippen molar-refractivity contribution in [3.8, 4) is 11.5 Å². The molecule has 45 heavy (non-hydrogen) atoms. The van der Waals surface area contributed by atoms with Gasteiger partial charge < -0.3 is 23.5 Å². The molecule has 0 bridgehead atoms. The highest BCUT2D eigenvalue weighted by Crippen LogP contribution is 2.66. The molecule has 0 saturated heterocycles. The molecule has 0 N–H and O–H groups in total. The van der Waals surface area contributed by atoms with Crippen molar-refractivity contribution in [2.75, 3.05) is 13.7 Å². The number of aromatic nitrogens is 2. The van der Waals surface area contributed by atoms with Crippen LogP contribution in [0.15, 0.2) is 54.1 Å². The number of imidazole rings is 1. The summed E-state index contributed by atoms with van der Waals surface area (Å²) in [5.41, 5.74) is 3.70. The van der Waals surface area contributed by atoms with E-state index in [2.05, 4.69) is 37.0 Å². The molecule has 0 unspecified atom stereocenters. The number of esters is 2. The molecule has 0 spiro atoms. The molecule has 242 valence electrons. The van der Waals surface area contributed by atoms with E-state index in [4.69, 9.17) is 18.9 Å². The van der Waals surface area contributed by atoms with E-state index in [1.54, 1.807) is 13.3 Å². The Morgan fingerprint density at radius 1 is 1.04 bits per heavy atom. The molecule has 2 aromatic rings. The van der Waals surface area contributed by atoms with Crippen molar-refractivity contribution in [3.63, 3.8) is 0 Å². The van der Waals surface area contributed by atoms with Crippen molar-refractivity contribution in [2.45, 2.75) is 97.8 Å². The van der Waals surface area contributed by atoms with Crippen molar-refractivity contribution in [3.05, 3.63) is 59.7 Å². The SMILES string of the molecule is COc1cc(C=C2C[C@H]3[C@@H]4CC=C5C[C@@H](OC(C)=O)CC[C@]5(C)[C@H]4CC[C@]3(C)[C@H]2OC(C)=O)ccc1OCCCn1ccnc1. The van der Waals surface area contributed by atoms with Gasteiger partial charge in [-0.2, -0.15) is 0 Å². The lowest BCUT2D eigenvalue weighted by molar-refractivity contribution is -0.154. The maximum atomic E-state index is 12.5. The van der Waals surface area contributed by atoms with Crippen LogP contribution in [0.5, 0.6) is 11.5 Å². The number of carbonyl (C=O) groups excluding carboxylic acids is 2. The number of nitrogens with zero attached hydrogens (tertiary/aromatic N) is 2. The predicted octanol–water partition coefficient (Wildman–Crippen LogP) is 7.18. The molecule has 0 aliphatic heterocycles. The minimum atomic E-state index is -0.246. The minimum Gasteiger partial charge on any atom is -0.493 e. The third kappa shape index (κ3) is 6.17. The molecule has 8 nitrogen and oxygen atoms in total. The van der Waals surface area contributed by atoms with Crippen LogP contribution in [-0.4, -0.2) is 47.4 Å². The number of ether oxygens (including phenoxy) is 4. The van der Waals surface area contributed by atoms with Gasteiger partial charge in [-0.15, -0.1) is 0 Å². The summed E-state index contributed by atoms with van der Waals surface area (Å²) in [5, 5.41) is 0. The Morgan fingerprint density at radius 3 is 2.60 bits per heavy atom. The summed E-state index contributed by atoms with van der Waals surface area (Å²) in [7, 11) is 1.67. The molecule has 3 fully saturated rings. The molecule has 4 aliphatic carbocycles. The Kier molecular flexibility index (Phi) is 8.86. The lowest BCUT2D eigenvalue weighted by atomic mass is 9.48. The Balaban J connectivity index is 1.22. The van der Waals surface area contributed by atoms with Crippen LogP contribution >= 0.6 is 0 Å². The van der Waals surface area contributed by atoms with E-state index in [1.165, 1.54) is 25.0 Å². The van der Waals surface area contributed by atoms with Crippen LogP contribution in [-0.2, 0) is 25.6 Å². The quantitative estimate of drug-likeness (QED) is 0.168. The maximum absolute atomic E-state index is 12.5. The Bertz CT molecular complexity index is 1460. The van der Waals surface area contributed by atoms with Gasteiger partial charge in [0.25, 0.3) is 0 Å². The summed E-state index contributed by atoms with van der Waals surface area (Å²) >= 11 is 0. The van der Waals surface area contributed by atoms with Gasteiger partial charge in [-0.1, -0.05) is 37.6 Å². The van der Waals surface area contributed by atoms with Crippen LogP contribution in [0.4, 0.5) is 0 Å². The van der Waals surface area contributed by atoms with Crippen molar-refractivity contribution in [2.24, 2.45) is 28.6 Å². The van der Waals surface area contributed by atoms with Crippen molar-refractivity contribution in [1.29, 1.82) is 0 Å². The molecule has 0 radical (unpaired) electrons. The molecule has 1 aromatic carbocycles. The number of hydrogen-bond donors (Lipinski definition) is 0. The molecule has 1 heterocycles. The fourth-order valence-corrected chi connectivity index (χ4v) is 9.27. The van der Waals surface area contributed by atoms with Crippen LogP contribution in [0.3, 0.4) is 0 Å². The normalized spacial score (nSPS) is 33.0. The zero-order valence-electron chi connectivity index (χ0n) is 27.4. The first-order chi connectivity index (χ1) is 21.6. The topological polar surface area (TPSA) is 88.9 Å². The highest BCUT2D eigenvalue weighted by atomic mass is 16.5. The Hall–Kier alpha value is -3.55. The number of fused-ring (bicyclic) bond motifs is 5. The van der Waals surface area contributed by atoms with Gasteiger partial charge in [0.15, 0.2) is 11.5 Å². The Labute approximate surface area is 267 Å². The largest absolute Gasteiger partial charge is 0.493 e. The van der Waals surface area contributed by atoms with E-state index in [-0.39, 0.29) is 35.0 Å². The number of hydrogen-bond acceptors (Lipinski definition) is 7. The van der Waals surface area contributed by atoms with Crippen LogP contribution in [0.1, 0.15) is 84.6 Å². The number of allylic oxidation sites excluding steroid dienone is 1. The van der Waals surface area contributed by atoms with Gasteiger partial charge >= 0.3 is 11.9 Å². The average Bonchev–Trinajstić information content (AvgIpc) is 3.62. The first-order valence-corrected chi connectivity index (χ1v) is 16.6. The van der Waals surface area contributed by atoms with Gasteiger partial charge in [0.05, 0.1) is 20.0 Å². The monoisotopic (exact) mass is 616 g/mol. The maximum Gasteiger partial charge on any atom is 0.303 e. The van der Waals surface area contributed by atoms with Crippen LogP contribution in [0.2, 0.25) is 0 Å². The molecule has 3 saturated carbocycles. The van der Waals surface area contributed by atoms with Crippen LogP contribution in [0.25, 0.3) is 6.08 Å². The van der Waals surface area contributed by atoms with E-state index in [1.807, 2.05) is 29.2 Å². The number of benzene rings is 1. The number of rotatable bonds is 9. The third-order valence-electron chi connectivity index (χ3n) is 11.4. The third-order valence-corrected chi connectivity index (χ3v) is 11.4. The molecule has 0 amide bonds. The van der Waals surface area contributed by atoms with E-state index >= 15 is 0 Å². The average molecular weight is 617 g/mol. The molecular formula is C37H48N2O6. The molecular weight excluding hydrogens is 568 g/mol. The van der Waals surface area contributed by atoms with E-state index in [9.17, 15) is 9.59 Å². The van der Waals surface area contributed by atoms with Crippen LogP contribution in [0, 0.1) is 28.6 Å². The van der Waals surface area contributed by atoms with E-state index < -0.39 is 0 Å². The highest BCUT2D eigenvalue weighted by Gasteiger charge is 2.61. The summed E-state index contributed by atoms with van der Waals surface area (Å²) < 4.78 is 25.7. The van der Waals surface area contributed by atoms with Crippen molar-refractivity contribution < 1.29 is 28.5 Å². The first kappa shape index (κ1) is 31.4. The summed E-state index contributed by atoms with van der Waals surface area (Å²) in [6.07, 6.45) is 17.8.